The van der Waals surface area contributed by atoms with Crippen molar-refractivity contribution in [2.24, 2.45) is 0 Å². The Balaban J connectivity index is 0.00000210. The van der Waals surface area contributed by atoms with E-state index in [1.165, 1.54) is 17.2 Å². The summed E-state index contributed by atoms with van der Waals surface area (Å²) in [7, 11) is 0. The third kappa shape index (κ3) is 4.05. The fourth-order valence-corrected chi connectivity index (χ4v) is 2.80. The summed E-state index contributed by atoms with van der Waals surface area (Å²) in [6.45, 7) is 0.697. The molecule has 3 heterocycles. The fourth-order valence-electron chi connectivity index (χ4n) is 2.48. The third-order valence-corrected chi connectivity index (χ3v) is 4.43. The Kier molecular flexibility index (Phi) is 5.64. The van der Waals surface area contributed by atoms with Crippen LogP contribution >= 0.6 is 35.6 Å². The Morgan fingerprint density at radius 2 is 2.04 bits per heavy atom. The molecule has 2 N–H and O–H groups in total. The van der Waals surface area contributed by atoms with Crippen LogP contribution in [0.25, 0.3) is 11.0 Å². The lowest BCUT2D eigenvalue weighted by atomic mass is 10.2. The second-order valence-electron chi connectivity index (χ2n) is 5.47. The molecule has 0 radical (unpaired) electrons. The number of aromatic nitrogens is 7. The lowest BCUT2D eigenvalue weighted by Crippen LogP contribution is -2.18. The summed E-state index contributed by atoms with van der Waals surface area (Å²) in [6, 6.07) is 5.31. The first-order valence-corrected chi connectivity index (χ1v) is 8.32. The molecule has 0 bridgehead atoms. The van der Waals surface area contributed by atoms with Crippen molar-refractivity contribution < 1.29 is 0 Å². The number of nitrogens with zero attached hydrogens (tertiary/aromatic N) is 6. The van der Waals surface area contributed by atoms with Gasteiger partial charge in [-0.3, -0.25) is 9.78 Å². The molecule has 4 aromatic rings. The Morgan fingerprint density at radius 1 is 1.19 bits per heavy atom. The van der Waals surface area contributed by atoms with E-state index in [0.717, 1.165) is 5.56 Å². The second kappa shape index (κ2) is 7.95. The minimum atomic E-state index is -0.302. The molecule has 3 aromatic heterocycles. The molecule has 12 heteroatoms. The zero-order chi connectivity index (χ0) is 18.1. The summed E-state index contributed by atoms with van der Waals surface area (Å²) >= 11 is 11.9. The average Bonchev–Trinajstić information content (AvgIpc) is 3.27. The van der Waals surface area contributed by atoms with E-state index in [0.29, 0.717) is 33.6 Å². The van der Waals surface area contributed by atoms with Crippen LogP contribution in [0.2, 0.25) is 10.0 Å². The summed E-state index contributed by atoms with van der Waals surface area (Å²) in [6.07, 6.45) is 4.49. The van der Waals surface area contributed by atoms with Crippen molar-refractivity contribution in [3.05, 3.63) is 63.0 Å². The monoisotopic (exact) mass is 426 g/mol. The molecule has 140 valence electrons. The maximum atomic E-state index is 12.4. The quantitative estimate of drug-likeness (QED) is 0.507. The van der Waals surface area contributed by atoms with Crippen LogP contribution in [-0.4, -0.2) is 34.5 Å². The van der Waals surface area contributed by atoms with Gasteiger partial charge in [0.15, 0.2) is 5.52 Å². The maximum absolute atomic E-state index is 12.4. The van der Waals surface area contributed by atoms with Gasteiger partial charge in [0.05, 0.1) is 16.2 Å². The normalized spacial score (nSPS) is 10.7. The minimum Gasteiger partial charge on any atom is -0.352 e. The third-order valence-electron chi connectivity index (χ3n) is 3.69. The summed E-state index contributed by atoms with van der Waals surface area (Å²) in [5.41, 5.74) is 1.44. The molecular formula is C15H13Cl3N8O. The molecule has 0 saturated heterocycles. The molecule has 0 saturated carbocycles. The van der Waals surface area contributed by atoms with E-state index in [4.69, 9.17) is 23.2 Å². The standard InChI is InChI=1S/C15H12Cl2N8O.ClH/c16-10-2-1-9(3-11(10)17)4-19-15-22-12-5-20-25(13(12)14(26)23-15)8-24-7-18-6-21-24;/h1-3,5-7H,4,8H2,(H2,19,22,23,26);1H. The van der Waals surface area contributed by atoms with Crippen LogP contribution in [0.1, 0.15) is 5.56 Å². The van der Waals surface area contributed by atoms with Gasteiger partial charge < -0.3 is 5.32 Å². The molecule has 9 nitrogen and oxygen atoms in total. The first kappa shape index (κ1) is 19.2. The number of halogens is 3. The van der Waals surface area contributed by atoms with Crippen molar-refractivity contribution in [1.29, 1.82) is 0 Å². The van der Waals surface area contributed by atoms with Crippen LogP contribution in [0.4, 0.5) is 5.95 Å². The maximum Gasteiger partial charge on any atom is 0.278 e. The van der Waals surface area contributed by atoms with Gasteiger partial charge in [0.2, 0.25) is 5.95 Å². The SMILES string of the molecule is Cl.O=c1[nH]c(NCc2ccc(Cl)c(Cl)c2)nc2cnn(Cn3cncn3)c12. The first-order valence-electron chi connectivity index (χ1n) is 7.56. The molecule has 4 rings (SSSR count). The zero-order valence-electron chi connectivity index (χ0n) is 13.6. The lowest BCUT2D eigenvalue weighted by Gasteiger charge is -2.07. The number of hydrogen-bond acceptors (Lipinski definition) is 6. The van der Waals surface area contributed by atoms with Crippen molar-refractivity contribution in [3.8, 4) is 0 Å². The molecule has 0 unspecified atom stereocenters. The van der Waals surface area contributed by atoms with E-state index in [1.807, 2.05) is 6.07 Å². The summed E-state index contributed by atoms with van der Waals surface area (Å²) < 4.78 is 3.07. The van der Waals surface area contributed by atoms with Crippen molar-refractivity contribution in [1.82, 2.24) is 34.5 Å². The highest BCUT2D eigenvalue weighted by Crippen LogP contribution is 2.22. The number of rotatable bonds is 5. The minimum absolute atomic E-state index is 0. The highest BCUT2D eigenvalue weighted by Gasteiger charge is 2.11. The van der Waals surface area contributed by atoms with Gasteiger partial charge in [-0.1, -0.05) is 29.3 Å². The number of benzene rings is 1. The van der Waals surface area contributed by atoms with Crippen molar-refractivity contribution in [2.45, 2.75) is 13.2 Å². The van der Waals surface area contributed by atoms with E-state index in [-0.39, 0.29) is 24.6 Å². The second-order valence-corrected chi connectivity index (χ2v) is 6.29. The molecule has 0 fully saturated rings. The van der Waals surface area contributed by atoms with Gasteiger partial charge in [-0.25, -0.2) is 19.3 Å². The molecule has 27 heavy (non-hydrogen) atoms. The molecule has 0 spiro atoms. The lowest BCUT2D eigenvalue weighted by molar-refractivity contribution is 0.514. The van der Waals surface area contributed by atoms with Crippen LogP contribution in [0.15, 0.2) is 41.8 Å². The Bertz CT molecular complexity index is 1120. The van der Waals surface area contributed by atoms with Crippen molar-refractivity contribution >= 4 is 52.6 Å². The van der Waals surface area contributed by atoms with Gasteiger partial charge in [0.25, 0.3) is 5.56 Å². The molecular weight excluding hydrogens is 415 g/mol. The van der Waals surface area contributed by atoms with Gasteiger partial charge >= 0.3 is 0 Å². The van der Waals surface area contributed by atoms with Crippen molar-refractivity contribution in [2.75, 3.05) is 5.32 Å². The van der Waals surface area contributed by atoms with Crippen LogP contribution < -0.4 is 10.9 Å². The molecule has 0 amide bonds. The number of hydrogen-bond donors (Lipinski definition) is 2. The van der Waals surface area contributed by atoms with Gasteiger partial charge in [-0.2, -0.15) is 10.2 Å². The number of fused-ring (bicyclic) bond motifs is 1. The summed E-state index contributed by atoms with van der Waals surface area (Å²) in [4.78, 5) is 23.4. The molecule has 0 aliphatic heterocycles. The molecule has 0 aliphatic carbocycles. The van der Waals surface area contributed by atoms with E-state index in [9.17, 15) is 4.79 Å². The van der Waals surface area contributed by atoms with Gasteiger partial charge in [-0.05, 0) is 17.7 Å². The van der Waals surface area contributed by atoms with Crippen LogP contribution in [0, 0.1) is 0 Å². The topological polar surface area (TPSA) is 106 Å². The van der Waals surface area contributed by atoms with Gasteiger partial charge in [0.1, 0.15) is 24.8 Å². The van der Waals surface area contributed by atoms with Crippen molar-refractivity contribution in [3.63, 3.8) is 0 Å². The number of nitrogens with one attached hydrogen (secondary N) is 2. The molecule has 0 aliphatic rings. The van der Waals surface area contributed by atoms with Gasteiger partial charge in [0, 0.05) is 6.54 Å². The van der Waals surface area contributed by atoms with E-state index in [1.54, 1.807) is 23.1 Å². The predicted octanol–water partition coefficient (Wildman–Crippen LogP) is 2.56. The molecule has 1 aromatic carbocycles. The first-order chi connectivity index (χ1) is 12.6. The largest absolute Gasteiger partial charge is 0.352 e. The van der Waals surface area contributed by atoms with E-state index >= 15 is 0 Å². The number of anilines is 1. The van der Waals surface area contributed by atoms with E-state index < -0.39 is 0 Å². The van der Waals surface area contributed by atoms with E-state index in [2.05, 4.69) is 30.5 Å². The summed E-state index contributed by atoms with van der Waals surface area (Å²) in [5, 5.41) is 12.2. The molecule has 0 atom stereocenters. The Labute approximate surface area is 168 Å². The predicted molar refractivity (Wildman–Crippen MR) is 105 cm³/mol. The average molecular weight is 428 g/mol. The van der Waals surface area contributed by atoms with Crippen LogP contribution in [0.5, 0.6) is 0 Å². The highest BCUT2D eigenvalue weighted by atomic mass is 35.5. The Hall–Kier alpha value is -2.62. The fraction of sp³-hybridized carbons (Fsp3) is 0.133. The smallest absolute Gasteiger partial charge is 0.278 e. The zero-order valence-corrected chi connectivity index (χ0v) is 16.0. The van der Waals surface area contributed by atoms with Crippen LogP contribution in [-0.2, 0) is 13.2 Å². The van der Waals surface area contributed by atoms with Gasteiger partial charge in [-0.15, -0.1) is 12.4 Å². The Morgan fingerprint density at radius 3 is 2.78 bits per heavy atom. The number of aromatic amines is 1. The summed E-state index contributed by atoms with van der Waals surface area (Å²) in [5.74, 6) is 0.342. The van der Waals surface area contributed by atoms with Crippen LogP contribution in [0.3, 0.4) is 0 Å². The number of H-pyrrole nitrogens is 1. The highest BCUT2D eigenvalue weighted by molar-refractivity contribution is 6.42.